The molecule has 9 heteroatoms. The molecule has 0 bridgehead atoms. The van der Waals surface area contributed by atoms with Gasteiger partial charge in [-0.1, -0.05) is 0 Å². The molecule has 0 saturated carbocycles. The predicted molar refractivity (Wildman–Crippen MR) is 121 cm³/mol. The normalized spacial score (nSPS) is 13.8. The van der Waals surface area contributed by atoms with Crippen LogP contribution in [0.25, 0.3) is 5.65 Å². The van der Waals surface area contributed by atoms with Gasteiger partial charge in [0.2, 0.25) is 5.91 Å². The van der Waals surface area contributed by atoms with Crippen molar-refractivity contribution in [2.75, 3.05) is 50.1 Å². The third kappa shape index (κ3) is 4.62. The second kappa shape index (κ2) is 9.19. The van der Waals surface area contributed by atoms with Gasteiger partial charge in [-0.3, -0.25) is 18.8 Å². The highest BCUT2D eigenvalue weighted by Gasteiger charge is 2.20. The highest BCUT2D eigenvalue weighted by molar-refractivity contribution is 5.99. The monoisotopic (exact) mass is 435 g/mol. The number of aromatic nitrogens is 2. The fraction of sp³-hybridized carbons (Fsp3) is 0.304. The third-order valence-corrected chi connectivity index (χ3v) is 5.35. The summed E-state index contributed by atoms with van der Waals surface area (Å²) in [5, 5.41) is 2.78. The van der Waals surface area contributed by atoms with Gasteiger partial charge in [0.1, 0.15) is 11.2 Å². The quantitative estimate of drug-likeness (QED) is 0.653. The first-order valence-corrected chi connectivity index (χ1v) is 10.4. The number of pyridine rings is 1. The Kier molecular flexibility index (Phi) is 6.18. The minimum Gasteiger partial charge on any atom is -0.378 e. The van der Waals surface area contributed by atoms with Crippen molar-refractivity contribution in [1.29, 1.82) is 0 Å². The van der Waals surface area contributed by atoms with Crippen LogP contribution in [0.1, 0.15) is 15.9 Å². The maximum atomic E-state index is 12.8. The first-order chi connectivity index (χ1) is 15.4. The summed E-state index contributed by atoms with van der Waals surface area (Å²) in [6.45, 7) is 4.78. The second-order valence-corrected chi connectivity index (χ2v) is 7.77. The molecule has 1 saturated heterocycles. The van der Waals surface area contributed by atoms with Gasteiger partial charge in [0, 0.05) is 43.9 Å². The highest BCUT2D eigenvalue weighted by Crippen LogP contribution is 2.19. The first kappa shape index (κ1) is 21.5. The summed E-state index contributed by atoms with van der Waals surface area (Å²) in [7, 11) is 1.48. The number of morpholine rings is 1. The molecule has 166 valence electrons. The highest BCUT2D eigenvalue weighted by atomic mass is 16.5. The number of likely N-dealkylation sites (N-methyl/N-ethyl adjacent to an activating group) is 1. The van der Waals surface area contributed by atoms with Crippen LogP contribution in [0.5, 0.6) is 0 Å². The Balaban J connectivity index is 1.39. The molecule has 1 fully saturated rings. The molecule has 32 heavy (non-hydrogen) atoms. The molecule has 0 spiro atoms. The summed E-state index contributed by atoms with van der Waals surface area (Å²) < 4.78 is 6.69. The lowest BCUT2D eigenvalue weighted by Crippen LogP contribution is -2.38. The van der Waals surface area contributed by atoms with Crippen LogP contribution in [0, 0.1) is 6.92 Å². The zero-order chi connectivity index (χ0) is 22.7. The van der Waals surface area contributed by atoms with Gasteiger partial charge in [0.25, 0.3) is 11.5 Å². The molecule has 0 radical (unpaired) electrons. The van der Waals surface area contributed by atoms with E-state index in [2.05, 4.69) is 15.2 Å². The Labute approximate surface area is 185 Å². The van der Waals surface area contributed by atoms with Crippen LogP contribution >= 0.6 is 0 Å². The Bertz CT molecular complexity index is 1200. The van der Waals surface area contributed by atoms with Crippen molar-refractivity contribution in [3.05, 3.63) is 70.3 Å². The molecule has 4 rings (SSSR count). The van der Waals surface area contributed by atoms with Crippen molar-refractivity contribution in [2.24, 2.45) is 0 Å². The number of hydrogen-bond donors (Lipinski definition) is 1. The molecule has 1 aromatic carbocycles. The number of benzene rings is 1. The number of nitrogens with zero attached hydrogens (tertiary/aromatic N) is 4. The van der Waals surface area contributed by atoms with E-state index in [0.717, 1.165) is 24.3 Å². The largest absolute Gasteiger partial charge is 0.378 e. The molecular weight excluding hydrogens is 410 g/mol. The maximum Gasteiger partial charge on any atom is 0.270 e. The standard InChI is InChI=1S/C23H25N5O4/c1-16-7-8-28-20(13-16)24-14-19(23(28)31)22(30)26(2)15-21(29)25-17-3-5-18(6-4-17)27-9-11-32-12-10-27/h3-8,13-14H,9-12,15H2,1-2H3,(H,25,29). The van der Waals surface area contributed by atoms with E-state index < -0.39 is 11.5 Å². The molecular formula is C23H25N5O4. The third-order valence-electron chi connectivity index (χ3n) is 5.35. The molecule has 3 heterocycles. The van der Waals surface area contributed by atoms with Crippen LogP contribution in [0.15, 0.2) is 53.6 Å². The first-order valence-electron chi connectivity index (χ1n) is 10.4. The molecule has 9 nitrogen and oxygen atoms in total. The van der Waals surface area contributed by atoms with Crippen LogP contribution in [-0.4, -0.2) is 66.0 Å². The van der Waals surface area contributed by atoms with Gasteiger partial charge in [0.05, 0.1) is 19.8 Å². The maximum absolute atomic E-state index is 12.8. The summed E-state index contributed by atoms with van der Waals surface area (Å²) in [5.74, 6) is -0.917. The Morgan fingerprint density at radius 3 is 2.59 bits per heavy atom. The molecule has 3 aromatic rings. The van der Waals surface area contributed by atoms with Crippen LogP contribution in [-0.2, 0) is 9.53 Å². The molecule has 1 aliphatic heterocycles. The van der Waals surface area contributed by atoms with Gasteiger partial charge >= 0.3 is 0 Å². The van der Waals surface area contributed by atoms with Gasteiger partial charge in [-0.25, -0.2) is 4.98 Å². The van der Waals surface area contributed by atoms with Crippen molar-refractivity contribution in [3.63, 3.8) is 0 Å². The summed E-state index contributed by atoms with van der Waals surface area (Å²) >= 11 is 0. The SMILES string of the molecule is Cc1ccn2c(=O)c(C(=O)N(C)CC(=O)Nc3ccc(N4CCOCC4)cc3)cnc2c1. The van der Waals surface area contributed by atoms with Crippen molar-refractivity contribution in [3.8, 4) is 0 Å². The van der Waals surface area contributed by atoms with Crippen LogP contribution < -0.4 is 15.8 Å². The van der Waals surface area contributed by atoms with Crippen molar-refractivity contribution in [2.45, 2.75) is 6.92 Å². The lowest BCUT2D eigenvalue weighted by atomic mass is 10.2. The van der Waals surface area contributed by atoms with E-state index in [1.54, 1.807) is 18.3 Å². The summed E-state index contributed by atoms with van der Waals surface area (Å²) in [6.07, 6.45) is 2.85. The predicted octanol–water partition coefficient (Wildman–Crippen LogP) is 1.55. The van der Waals surface area contributed by atoms with Crippen molar-refractivity contribution in [1.82, 2.24) is 14.3 Å². The Morgan fingerprint density at radius 1 is 1.16 bits per heavy atom. The lowest BCUT2D eigenvalue weighted by Gasteiger charge is -2.28. The zero-order valence-corrected chi connectivity index (χ0v) is 18.1. The summed E-state index contributed by atoms with van der Waals surface area (Å²) in [6, 6.07) is 11.1. The van der Waals surface area contributed by atoms with E-state index in [0.29, 0.717) is 24.5 Å². The minimum absolute atomic E-state index is 0.0866. The number of rotatable bonds is 5. The minimum atomic E-state index is -0.560. The van der Waals surface area contributed by atoms with E-state index in [1.807, 2.05) is 31.2 Å². The van der Waals surface area contributed by atoms with Crippen molar-refractivity contribution < 1.29 is 14.3 Å². The van der Waals surface area contributed by atoms with Gasteiger partial charge < -0.3 is 19.9 Å². The van der Waals surface area contributed by atoms with E-state index in [4.69, 9.17) is 4.74 Å². The Morgan fingerprint density at radius 2 is 1.88 bits per heavy atom. The van der Waals surface area contributed by atoms with E-state index in [9.17, 15) is 14.4 Å². The summed E-state index contributed by atoms with van der Waals surface area (Å²) in [5.41, 5.74) is 2.58. The summed E-state index contributed by atoms with van der Waals surface area (Å²) in [4.78, 5) is 45.5. The zero-order valence-electron chi connectivity index (χ0n) is 18.1. The number of nitrogens with one attached hydrogen (secondary N) is 1. The smallest absolute Gasteiger partial charge is 0.270 e. The fourth-order valence-corrected chi connectivity index (χ4v) is 3.59. The van der Waals surface area contributed by atoms with Gasteiger partial charge in [0.15, 0.2) is 0 Å². The second-order valence-electron chi connectivity index (χ2n) is 7.77. The number of anilines is 2. The number of carbonyl (C=O) groups is 2. The van der Waals surface area contributed by atoms with E-state index >= 15 is 0 Å². The molecule has 0 aliphatic carbocycles. The number of hydrogen-bond acceptors (Lipinski definition) is 6. The fourth-order valence-electron chi connectivity index (χ4n) is 3.59. The van der Waals surface area contributed by atoms with E-state index in [1.165, 1.54) is 22.5 Å². The number of carbonyl (C=O) groups excluding carboxylic acids is 2. The van der Waals surface area contributed by atoms with Gasteiger partial charge in [-0.15, -0.1) is 0 Å². The van der Waals surface area contributed by atoms with Crippen molar-refractivity contribution >= 4 is 28.8 Å². The number of amides is 2. The lowest BCUT2D eigenvalue weighted by molar-refractivity contribution is -0.116. The van der Waals surface area contributed by atoms with E-state index in [-0.39, 0.29) is 18.0 Å². The Hall–Kier alpha value is -3.72. The molecule has 0 unspecified atom stereocenters. The number of fused-ring (bicyclic) bond motifs is 1. The molecule has 1 aliphatic rings. The average Bonchev–Trinajstić information content (AvgIpc) is 2.80. The molecule has 0 atom stereocenters. The average molecular weight is 435 g/mol. The molecule has 1 N–H and O–H groups in total. The topological polar surface area (TPSA) is 96.2 Å². The van der Waals surface area contributed by atoms with Gasteiger partial charge in [-0.05, 0) is 48.9 Å². The number of aryl methyl sites for hydroxylation is 1. The number of ether oxygens (including phenoxy) is 1. The molecule has 2 aromatic heterocycles. The van der Waals surface area contributed by atoms with Crippen LogP contribution in [0.4, 0.5) is 11.4 Å². The van der Waals surface area contributed by atoms with Gasteiger partial charge in [-0.2, -0.15) is 0 Å². The van der Waals surface area contributed by atoms with Crippen LogP contribution in [0.2, 0.25) is 0 Å². The molecule has 2 amide bonds. The van der Waals surface area contributed by atoms with Crippen LogP contribution in [0.3, 0.4) is 0 Å².